The number of morpholine rings is 1. The summed E-state index contributed by atoms with van der Waals surface area (Å²) in [7, 11) is 0. The summed E-state index contributed by atoms with van der Waals surface area (Å²) < 4.78 is 11.5. The van der Waals surface area contributed by atoms with Gasteiger partial charge in [-0.3, -0.25) is 0 Å². The number of nitrogens with one attached hydrogen (secondary N) is 1. The van der Waals surface area contributed by atoms with E-state index in [1.54, 1.807) is 0 Å². The van der Waals surface area contributed by atoms with Crippen LogP contribution in [0.25, 0.3) is 0 Å². The first-order valence-electron chi connectivity index (χ1n) is 5.89. The van der Waals surface area contributed by atoms with Gasteiger partial charge in [-0.05, 0) is 19.9 Å². The summed E-state index contributed by atoms with van der Waals surface area (Å²) in [6, 6.07) is 8.10. The van der Waals surface area contributed by atoms with E-state index >= 15 is 0 Å². The van der Waals surface area contributed by atoms with E-state index in [0.29, 0.717) is 6.61 Å². The maximum absolute atomic E-state index is 5.92. The van der Waals surface area contributed by atoms with Crippen molar-refractivity contribution in [3.05, 3.63) is 29.8 Å². The summed E-state index contributed by atoms with van der Waals surface area (Å²) in [5, 5.41) is 3.37. The highest BCUT2D eigenvalue weighted by atomic mass is 16.5. The zero-order valence-corrected chi connectivity index (χ0v) is 9.90. The van der Waals surface area contributed by atoms with Crippen LogP contribution >= 0.6 is 0 Å². The van der Waals surface area contributed by atoms with Crippen molar-refractivity contribution in [3.8, 4) is 5.75 Å². The molecule has 0 aromatic heterocycles. The predicted molar refractivity (Wildman–Crippen MR) is 63.8 cm³/mol. The number of hydrogen-bond donors (Lipinski definition) is 1. The fourth-order valence-corrected chi connectivity index (χ4v) is 2.01. The molecule has 0 radical (unpaired) electrons. The zero-order valence-electron chi connectivity index (χ0n) is 9.90. The Balaban J connectivity index is 2.17. The Bertz CT molecular complexity index is 340. The Morgan fingerprint density at radius 3 is 2.94 bits per heavy atom. The maximum atomic E-state index is 5.92. The van der Waals surface area contributed by atoms with Gasteiger partial charge in [-0.15, -0.1) is 0 Å². The molecule has 1 N–H and O–H groups in total. The maximum Gasteiger partial charge on any atom is 0.125 e. The Morgan fingerprint density at radius 2 is 2.19 bits per heavy atom. The van der Waals surface area contributed by atoms with Crippen molar-refractivity contribution in [2.45, 2.75) is 26.1 Å². The molecule has 0 saturated carbocycles. The fourth-order valence-electron chi connectivity index (χ4n) is 2.01. The van der Waals surface area contributed by atoms with Gasteiger partial charge in [0.05, 0.1) is 18.8 Å². The summed E-state index contributed by atoms with van der Waals surface area (Å²) in [6.07, 6.45) is 0.361. The summed E-state index contributed by atoms with van der Waals surface area (Å²) in [5.41, 5.74) is 1.14. The average molecular weight is 221 g/mol. The van der Waals surface area contributed by atoms with Crippen molar-refractivity contribution < 1.29 is 9.47 Å². The van der Waals surface area contributed by atoms with Gasteiger partial charge in [-0.25, -0.2) is 0 Å². The van der Waals surface area contributed by atoms with Crippen molar-refractivity contribution in [3.63, 3.8) is 0 Å². The zero-order chi connectivity index (χ0) is 11.4. The fraction of sp³-hybridized carbons (Fsp3) is 0.538. The van der Waals surface area contributed by atoms with Gasteiger partial charge in [0.2, 0.25) is 0 Å². The van der Waals surface area contributed by atoms with Gasteiger partial charge in [0, 0.05) is 18.7 Å². The second-order valence-electron chi connectivity index (χ2n) is 4.06. The van der Waals surface area contributed by atoms with Gasteiger partial charge in [0.15, 0.2) is 0 Å². The number of rotatable bonds is 3. The predicted octanol–water partition coefficient (Wildman–Crippen LogP) is 2.13. The number of ether oxygens (including phenoxy) is 2. The number of hydrogen-bond acceptors (Lipinski definition) is 3. The Labute approximate surface area is 96.8 Å². The minimum absolute atomic E-state index is 0.103. The third-order valence-corrected chi connectivity index (χ3v) is 2.72. The third-order valence-electron chi connectivity index (χ3n) is 2.72. The van der Waals surface area contributed by atoms with Gasteiger partial charge >= 0.3 is 0 Å². The Morgan fingerprint density at radius 1 is 1.38 bits per heavy atom. The highest BCUT2D eigenvalue weighted by Gasteiger charge is 2.22. The van der Waals surface area contributed by atoms with Gasteiger partial charge in [0.1, 0.15) is 5.75 Å². The molecule has 1 aliphatic rings. The molecule has 0 bridgehead atoms. The molecule has 2 atom stereocenters. The molecular formula is C13H19NO2. The lowest BCUT2D eigenvalue weighted by Crippen LogP contribution is -2.39. The third kappa shape index (κ3) is 2.54. The largest absolute Gasteiger partial charge is 0.493 e. The minimum atomic E-state index is 0.103. The lowest BCUT2D eigenvalue weighted by atomic mass is 10.1. The molecule has 16 heavy (non-hydrogen) atoms. The lowest BCUT2D eigenvalue weighted by Gasteiger charge is -2.30. The van der Waals surface area contributed by atoms with E-state index in [2.05, 4.69) is 18.3 Å². The highest BCUT2D eigenvalue weighted by Crippen LogP contribution is 2.29. The van der Waals surface area contributed by atoms with Crippen molar-refractivity contribution in [2.75, 3.05) is 19.7 Å². The van der Waals surface area contributed by atoms with Crippen LogP contribution in [-0.2, 0) is 4.74 Å². The van der Waals surface area contributed by atoms with Crippen LogP contribution in [0.15, 0.2) is 24.3 Å². The second kappa shape index (κ2) is 5.32. The SMILES string of the molecule is CCOc1ccccc1C1CNCC(C)O1. The molecule has 2 unspecified atom stereocenters. The number of benzene rings is 1. The first kappa shape index (κ1) is 11.4. The summed E-state index contributed by atoms with van der Waals surface area (Å²) in [6.45, 7) is 6.55. The van der Waals surface area contributed by atoms with Crippen LogP contribution in [0.5, 0.6) is 5.75 Å². The number of para-hydroxylation sites is 1. The van der Waals surface area contributed by atoms with Crippen LogP contribution in [0.1, 0.15) is 25.5 Å². The van der Waals surface area contributed by atoms with Crippen molar-refractivity contribution in [1.29, 1.82) is 0 Å². The van der Waals surface area contributed by atoms with Gasteiger partial charge < -0.3 is 14.8 Å². The summed E-state index contributed by atoms with van der Waals surface area (Å²) in [5.74, 6) is 0.936. The first-order valence-corrected chi connectivity index (χ1v) is 5.89. The van der Waals surface area contributed by atoms with Crippen LogP contribution in [0.2, 0.25) is 0 Å². The van der Waals surface area contributed by atoms with E-state index < -0.39 is 0 Å². The Hall–Kier alpha value is -1.06. The van der Waals surface area contributed by atoms with Gasteiger partial charge in [0.25, 0.3) is 0 Å². The van der Waals surface area contributed by atoms with E-state index in [-0.39, 0.29) is 12.2 Å². The molecule has 1 aliphatic heterocycles. The van der Waals surface area contributed by atoms with E-state index in [0.717, 1.165) is 24.4 Å². The van der Waals surface area contributed by atoms with Crippen LogP contribution in [0.3, 0.4) is 0 Å². The molecule has 1 aromatic carbocycles. The van der Waals surface area contributed by atoms with Crippen molar-refractivity contribution in [1.82, 2.24) is 5.32 Å². The molecule has 0 amide bonds. The molecule has 2 rings (SSSR count). The summed E-state index contributed by atoms with van der Waals surface area (Å²) in [4.78, 5) is 0. The molecule has 88 valence electrons. The summed E-state index contributed by atoms with van der Waals surface area (Å²) >= 11 is 0. The van der Waals surface area contributed by atoms with Crippen LogP contribution in [0, 0.1) is 0 Å². The molecule has 0 spiro atoms. The molecule has 1 aromatic rings. The first-order chi connectivity index (χ1) is 7.81. The second-order valence-corrected chi connectivity index (χ2v) is 4.06. The smallest absolute Gasteiger partial charge is 0.125 e. The van der Waals surface area contributed by atoms with E-state index in [1.165, 1.54) is 0 Å². The van der Waals surface area contributed by atoms with Crippen molar-refractivity contribution >= 4 is 0 Å². The minimum Gasteiger partial charge on any atom is -0.493 e. The molecule has 1 saturated heterocycles. The van der Waals surface area contributed by atoms with Crippen LogP contribution in [0.4, 0.5) is 0 Å². The molecule has 1 heterocycles. The van der Waals surface area contributed by atoms with Crippen LogP contribution in [-0.4, -0.2) is 25.8 Å². The van der Waals surface area contributed by atoms with E-state index in [4.69, 9.17) is 9.47 Å². The molecule has 3 heteroatoms. The molecule has 3 nitrogen and oxygen atoms in total. The molecule has 0 aliphatic carbocycles. The Kier molecular flexibility index (Phi) is 3.80. The standard InChI is InChI=1S/C13H19NO2/c1-3-15-12-7-5-4-6-11(12)13-9-14-8-10(2)16-13/h4-7,10,13-14H,3,8-9H2,1-2H3. The van der Waals surface area contributed by atoms with Gasteiger partial charge in [-0.1, -0.05) is 18.2 Å². The molecular weight excluding hydrogens is 202 g/mol. The van der Waals surface area contributed by atoms with E-state index in [9.17, 15) is 0 Å². The molecule has 1 fully saturated rings. The topological polar surface area (TPSA) is 30.5 Å². The van der Waals surface area contributed by atoms with Crippen LogP contribution < -0.4 is 10.1 Å². The van der Waals surface area contributed by atoms with Crippen molar-refractivity contribution in [2.24, 2.45) is 0 Å². The van der Waals surface area contributed by atoms with Gasteiger partial charge in [-0.2, -0.15) is 0 Å². The lowest BCUT2D eigenvalue weighted by molar-refractivity contribution is -0.0298. The average Bonchev–Trinajstić information content (AvgIpc) is 2.30. The normalized spacial score (nSPS) is 25.4. The highest BCUT2D eigenvalue weighted by molar-refractivity contribution is 5.35. The quantitative estimate of drug-likeness (QED) is 0.848. The monoisotopic (exact) mass is 221 g/mol. The van der Waals surface area contributed by atoms with E-state index in [1.807, 2.05) is 25.1 Å².